The van der Waals surface area contributed by atoms with Gasteiger partial charge in [-0.15, -0.1) is 0 Å². The zero-order chi connectivity index (χ0) is 22.0. The molecule has 0 spiro atoms. The molecule has 0 aliphatic carbocycles. The number of allylic oxidation sites excluding steroid dienone is 1. The summed E-state index contributed by atoms with van der Waals surface area (Å²) in [5.41, 5.74) is -1.77. The summed E-state index contributed by atoms with van der Waals surface area (Å²) in [4.78, 5) is 27.9. The number of hydrogen-bond acceptors (Lipinski definition) is 4. The number of benzene rings is 2. The molecule has 1 heterocycles. The van der Waals surface area contributed by atoms with E-state index in [9.17, 15) is 28.6 Å². The maximum absolute atomic E-state index is 15.4. The molecule has 2 unspecified atom stereocenters. The average Bonchev–Trinajstić information content (AvgIpc) is 2.69. The predicted octanol–water partition coefficient (Wildman–Crippen LogP) is 4.68. The van der Waals surface area contributed by atoms with Crippen molar-refractivity contribution in [2.45, 2.75) is 22.6 Å². The molecule has 2 N–H and O–H groups in total. The summed E-state index contributed by atoms with van der Waals surface area (Å²) in [6.45, 7) is 0.00127. The number of nitrogens with zero attached hydrogens (tertiary/aromatic N) is 1. The second-order valence-electron chi connectivity index (χ2n) is 6.57. The van der Waals surface area contributed by atoms with E-state index in [1.165, 1.54) is 6.92 Å². The molecule has 2 aromatic carbocycles. The lowest BCUT2D eigenvalue weighted by Gasteiger charge is -2.30. The van der Waals surface area contributed by atoms with E-state index >= 15 is 4.39 Å². The molecule has 5 nitrogen and oxygen atoms in total. The van der Waals surface area contributed by atoms with Gasteiger partial charge in [-0.2, -0.15) is 0 Å². The Morgan fingerprint density at radius 3 is 2.37 bits per heavy atom. The van der Waals surface area contributed by atoms with Crippen molar-refractivity contribution < 1.29 is 33.0 Å². The molecule has 0 saturated heterocycles. The quantitative estimate of drug-likeness (QED) is 0.688. The Labute approximate surface area is 174 Å². The zero-order valence-electron chi connectivity index (χ0n) is 15.6. The number of alkyl halides is 1. The van der Waals surface area contributed by atoms with E-state index in [2.05, 4.69) is 4.99 Å². The lowest BCUT2D eigenvalue weighted by atomic mass is 9.75. The van der Waals surface area contributed by atoms with E-state index in [1.807, 2.05) is 0 Å². The third kappa shape index (κ3) is 4.11. The fourth-order valence-electron chi connectivity index (χ4n) is 3.45. The molecular formula is C21H16F3NO4S. The summed E-state index contributed by atoms with van der Waals surface area (Å²) in [5.74, 6) is -8.19. The third-order valence-corrected chi connectivity index (χ3v) is 5.70. The fraction of sp³-hybridized carbons (Fsp3) is 0.190. The molecule has 0 saturated carbocycles. The van der Waals surface area contributed by atoms with Gasteiger partial charge in [0.1, 0.15) is 24.2 Å². The Balaban J connectivity index is 2.22. The molecule has 2 aromatic rings. The lowest BCUT2D eigenvalue weighted by molar-refractivity contribution is -0.140. The van der Waals surface area contributed by atoms with Gasteiger partial charge in [-0.25, -0.2) is 18.0 Å². The van der Waals surface area contributed by atoms with E-state index in [0.717, 1.165) is 23.9 Å². The monoisotopic (exact) mass is 435 g/mol. The van der Waals surface area contributed by atoms with Gasteiger partial charge in [0.15, 0.2) is 0 Å². The average molecular weight is 435 g/mol. The van der Waals surface area contributed by atoms with Crippen molar-refractivity contribution in [3.8, 4) is 0 Å². The minimum Gasteiger partial charge on any atom is -0.481 e. The number of carboxylic acids is 2. The van der Waals surface area contributed by atoms with Crippen LogP contribution >= 0.6 is 11.8 Å². The first-order valence-electron chi connectivity index (χ1n) is 8.76. The number of hydrogen-bond donors (Lipinski definition) is 2. The Bertz CT molecular complexity index is 1070. The van der Waals surface area contributed by atoms with Crippen molar-refractivity contribution >= 4 is 29.4 Å². The smallest absolute Gasteiger partial charge is 0.334 e. The fourth-order valence-corrected chi connectivity index (χ4v) is 4.37. The third-order valence-electron chi connectivity index (χ3n) is 4.68. The van der Waals surface area contributed by atoms with Gasteiger partial charge in [0.2, 0.25) is 0 Å². The van der Waals surface area contributed by atoms with Crippen molar-refractivity contribution in [2.75, 3.05) is 6.67 Å². The van der Waals surface area contributed by atoms with Crippen LogP contribution in [0.15, 0.2) is 68.5 Å². The highest BCUT2D eigenvalue weighted by Gasteiger charge is 2.43. The number of aliphatic carboxylic acids is 2. The number of carbonyl (C=O) groups is 2. The molecule has 30 heavy (non-hydrogen) atoms. The van der Waals surface area contributed by atoms with Gasteiger partial charge in [0, 0.05) is 22.1 Å². The van der Waals surface area contributed by atoms with Crippen LogP contribution in [0.3, 0.4) is 0 Å². The van der Waals surface area contributed by atoms with E-state index in [-0.39, 0.29) is 10.6 Å². The van der Waals surface area contributed by atoms with Crippen molar-refractivity contribution in [1.29, 1.82) is 0 Å². The molecule has 0 fully saturated rings. The van der Waals surface area contributed by atoms with Gasteiger partial charge in [0.05, 0.1) is 16.2 Å². The Hall–Kier alpha value is -3.07. The second kappa shape index (κ2) is 8.74. The number of halogens is 3. The highest BCUT2D eigenvalue weighted by molar-refractivity contribution is 7.99. The van der Waals surface area contributed by atoms with Crippen LogP contribution in [0.5, 0.6) is 0 Å². The van der Waals surface area contributed by atoms with Crippen molar-refractivity contribution in [1.82, 2.24) is 0 Å². The van der Waals surface area contributed by atoms with Gasteiger partial charge in [0.25, 0.3) is 0 Å². The number of rotatable bonds is 6. The molecule has 156 valence electrons. The van der Waals surface area contributed by atoms with Crippen molar-refractivity contribution in [3.05, 3.63) is 70.9 Å². The molecule has 2 atom stereocenters. The molecule has 0 amide bonds. The van der Waals surface area contributed by atoms with Crippen molar-refractivity contribution in [3.63, 3.8) is 0 Å². The van der Waals surface area contributed by atoms with Crippen LogP contribution in [0, 0.1) is 17.6 Å². The summed E-state index contributed by atoms with van der Waals surface area (Å²) < 4.78 is 43.3. The van der Waals surface area contributed by atoms with Gasteiger partial charge >= 0.3 is 11.9 Å². The van der Waals surface area contributed by atoms with Crippen LogP contribution in [0.2, 0.25) is 0 Å². The summed E-state index contributed by atoms with van der Waals surface area (Å²) in [5, 5.41) is 19.3. The maximum atomic E-state index is 15.4. The molecule has 0 radical (unpaired) electrons. The van der Waals surface area contributed by atoms with Crippen molar-refractivity contribution in [2.24, 2.45) is 10.9 Å². The summed E-state index contributed by atoms with van der Waals surface area (Å²) in [7, 11) is 0. The zero-order valence-corrected chi connectivity index (χ0v) is 16.4. The number of carboxylic acid groups (broad SMARTS) is 2. The first-order chi connectivity index (χ1) is 14.2. The SMILES string of the molecule is CC1=NC(CF)=C(C(=O)O)C(c2cc(F)cc(Sc3ccccc3)c2F)C1C(=O)O. The van der Waals surface area contributed by atoms with Crippen LogP contribution in [0.1, 0.15) is 18.4 Å². The molecular weight excluding hydrogens is 419 g/mol. The van der Waals surface area contributed by atoms with E-state index in [1.54, 1.807) is 30.3 Å². The highest BCUT2D eigenvalue weighted by Crippen LogP contribution is 2.43. The Morgan fingerprint density at radius 2 is 1.80 bits per heavy atom. The molecule has 0 aromatic heterocycles. The van der Waals surface area contributed by atoms with Crippen LogP contribution in [0.4, 0.5) is 13.2 Å². The molecule has 1 aliphatic rings. The van der Waals surface area contributed by atoms with E-state index < -0.39 is 58.9 Å². The Morgan fingerprint density at radius 1 is 1.13 bits per heavy atom. The Kier molecular flexibility index (Phi) is 6.31. The lowest BCUT2D eigenvalue weighted by Crippen LogP contribution is -2.36. The largest absolute Gasteiger partial charge is 0.481 e. The topological polar surface area (TPSA) is 87.0 Å². The first-order valence-corrected chi connectivity index (χ1v) is 9.58. The van der Waals surface area contributed by atoms with Crippen LogP contribution < -0.4 is 0 Å². The predicted molar refractivity (Wildman–Crippen MR) is 105 cm³/mol. The van der Waals surface area contributed by atoms with Crippen LogP contribution in [-0.4, -0.2) is 34.5 Å². The summed E-state index contributed by atoms with van der Waals surface area (Å²) in [6.07, 6.45) is 0. The normalized spacial score (nSPS) is 18.9. The molecule has 1 aliphatic heterocycles. The maximum Gasteiger partial charge on any atom is 0.334 e. The van der Waals surface area contributed by atoms with E-state index in [4.69, 9.17) is 0 Å². The summed E-state index contributed by atoms with van der Waals surface area (Å²) in [6, 6.07) is 10.2. The molecule has 0 bridgehead atoms. The van der Waals surface area contributed by atoms with Gasteiger partial charge in [-0.3, -0.25) is 9.79 Å². The van der Waals surface area contributed by atoms with Crippen LogP contribution in [-0.2, 0) is 9.59 Å². The van der Waals surface area contributed by atoms with Gasteiger partial charge < -0.3 is 10.2 Å². The van der Waals surface area contributed by atoms with Gasteiger partial charge in [-0.05, 0) is 31.2 Å². The minimum atomic E-state index is -1.64. The molecule has 3 rings (SSSR count). The first kappa shape index (κ1) is 21.6. The second-order valence-corrected chi connectivity index (χ2v) is 7.68. The minimum absolute atomic E-state index is 0.0916. The molecule has 9 heteroatoms. The van der Waals surface area contributed by atoms with Crippen LogP contribution in [0.25, 0.3) is 0 Å². The highest BCUT2D eigenvalue weighted by atomic mass is 32.2. The van der Waals surface area contributed by atoms with Gasteiger partial charge in [-0.1, -0.05) is 30.0 Å². The van der Waals surface area contributed by atoms with E-state index in [0.29, 0.717) is 4.90 Å². The standard InChI is InChI=1S/C21H16F3NO4S/c1-10-16(20(26)27)17(18(21(28)29)14(9-22)25-10)13-7-11(23)8-15(19(13)24)30-12-5-3-2-4-6-12/h2-8,16-17H,9H2,1H3,(H,26,27)(H,28,29). The summed E-state index contributed by atoms with van der Waals surface area (Å²) >= 11 is 0.903. The number of aliphatic imine (C=N–C) groups is 1.